The summed E-state index contributed by atoms with van der Waals surface area (Å²) in [4.78, 5) is 28.6. The molecule has 0 unspecified atom stereocenters. The SMILES string of the molecule is CN(CC(=O)Nc1ccc2[nH]c(=O)[nH]c2c1)S(=O)(=O)/C=C/c1ccccc1. The second-order valence-corrected chi connectivity index (χ2v) is 7.83. The number of likely N-dealkylation sites (N-methyl/N-ethyl adjacent to an activating group) is 1. The van der Waals surface area contributed by atoms with Crippen molar-refractivity contribution >= 4 is 38.7 Å². The van der Waals surface area contributed by atoms with Crippen LogP contribution in [-0.2, 0) is 14.8 Å². The molecule has 1 heterocycles. The Hall–Kier alpha value is -3.17. The van der Waals surface area contributed by atoms with Gasteiger partial charge in [0, 0.05) is 18.1 Å². The van der Waals surface area contributed by atoms with Gasteiger partial charge in [0.15, 0.2) is 0 Å². The van der Waals surface area contributed by atoms with Crippen LogP contribution in [0.5, 0.6) is 0 Å². The highest BCUT2D eigenvalue weighted by Gasteiger charge is 2.18. The third kappa shape index (κ3) is 4.72. The smallest absolute Gasteiger partial charge is 0.323 e. The molecule has 0 fully saturated rings. The molecular formula is C18H18N4O4S. The lowest BCUT2D eigenvalue weighted by Crippen LogP contribution is -2.33. The van der Waals surface area contributed by atoms with E-state index in [2.05, 4.69) is 15.3 Å². The number of rotatable bonds is 6. The fourth-order valence-corrected chi connectivity index (χ4v) is 3.27. The van der Waals surface area contributed by atoms with E-state index in [0.717, 1.165) is 15.3 Å². The molecule has 0 aliphatic carbocycles. The van der Waals surface area contributed by atoms with E-state index in [1.165, 1.54) is 13.1 Å². The number of hydrogen-bond donors (Lipinski definition) is 3. The minimum Gasteiger partial charge on any atom is -0.325 e. The van der Waals surface area contributed by atoms with Crippen molar-refractivity contribution in [1.82, 2.24) is 14.3 Å². The predicted octanol–water partition coefficient (Wildman–Crippen LogP) is 1.73. The minimum absolute atomic E-state index is 0.343. The van der Waals surface area contributed by atoms with Crippen molar-refractivity contribution in [2.75, 3.05) is 18.9 Å². The number of benzene rings is 2. The Morgan fingerprint density at radius 1 is 1.11 bits per heavy atom. The van der Waals surface area contributed by atoms with Crippen LogP contribution < -0.4 is 11.0 Å². The standard InChI is InChI=1S/C18H18N4O4S/c1-22(27(25,26)10-9-13-5-3-2-4-6-13)12-17(23)19-14-7-8-15-16(11-14)21-18(24)20-15/h2-11H,12H2,1H3,(H,19,23)(H2,20,21,24)/b10-9+. The minimum atomic E-state index is -3.74. The average molecular weight is 386 g/mol. The maximum absolute atomic E-state index is 12.3. The van der Waals surface area contributed by atoms with Gasteiger partial charge in [0.25, 0.3) is 0 Å². The molecule has 0 aliphatic rings. The fourth-order valence-electron chi connectivity index (χ4n) is 2.44. The number of carbonyl (C=O) groups is 1. The number of nitrogens with zero attached hydrogens (tertiary/aromatic N) is 1. The van der Waals surface area contributed by atoms with Crippen LogP contribution in [0.3, 0.4) is 0 Å². The number of nitrogens with one attached hydrogen (secondary N) is 3. The largest absolute Gasteiger partial charge is 0.325 e. The number of carbonyl (C=O) groups excluding carboxylic acids is 1. The normalized spacial score (nSPS) is 12.1. The van der Waals surface area contributed by atoms with Gasteiger partial charge in [0.1, 0.15) is 0 Å². The lowest BCUT2D eigenvalue weighted by atomic mass is 10.2. The zero-order chi connectivity index (χ0) is 19.4. The van der Waals surface area contributed by atoms with Crippen LogP contribution in [0, 0.1) is 0 Å². The first-order valence-corrected chi connectivity index (χ1v) is 9.55. The number of amides is 1. The zero-order valence-electron chi connectivity index (χ0n) is 14.5. The molecular weight excluding hydrogens is 368 g/mol. The molecule has 9 heteroatoms. The van der Waals surface area contributed by atoms with Crippen LogP contribution in [0.4, 0.5) is 5.69 Å². The monoisotopic (exact) mass is 386 g/mol. The molecule has 2 aromatic carbocycles. The maximum Gasteiger partial charge on any atom is 0.323 e. The quantitative estimate of drug-likeness (QED) is 0.598. The van der Waals surface area contributed by atoms with E-state index >= 15 is 0 Å². The first kappa shape index (κ1) is 18.6. The van der Waals surface area contributed by atoms with E-state index in [4.69, 9.17) is 0 Å². The first-order chi connectivity index (χ1) is 12.8. The van der Waals surface area contributed by atoms with Crippen LogP contribution in [0.1, 0.15) is 5.56 Å². The number of aromatic amines is 2. The predicted molar refractivity (Wildman–Crippen MR) is 105 cm³/mol. The van der Waals surface area contributed by atoms with Gasteiger partial charge in [-0.05, 0) is 29.8 Å². The summed E-state index contributed by atoms with van der Waals surface area (Å²) in [7, 11) is -2.41. The number of imidazole rings is 1. The molecule has 3 aromatic rings. The Kier molecular flexibility index (Phi) is 5.24. The third-order valence-electron chi connectivity index (χ3n) is 3.83. The van der Waals surface area contributed by atoms with Crippen molar-refractivity contribution in [3.8, 4) is 0 Å². The van der Waals surface area contributed by atoms with Crippen molar-refractivity contribution in [3.63, 3.8) is 0 Å². The van der Waals surface area contributed by atoms with Gasteiger partial charge in [-0.1, -0.05) is 30.3 Å². The Labute approximate surface area is 155 Å². The highest BCUT2D eigenvalue weighted by Crippen LogP contribution is 2.14. The summed E-state index contributed by atoms with van der Waals surface area (Å²) in [5.74, 6) is -0.494. The molecule has 0 radical (unpaired) electrons. The lowest BCUT2D eigenvalue weighted by molar-refractivity contribution is -0.116. The average Bonchev–Trinajstić information content (AvgIpc) is 3.00. The number of hydrogen-bond acceptors (Lipinski definition) is 4. The van der Waals surface area contributed by atoms with Gasteiger partial charge in [-0.15, -0.1) is 0 Å². The van der Waals surface area contributed by atoms with E-state index in [1.54, 1.807) is 42.5 Å². The van der Waals surface area contributed by atoms with E-state index < -0.39 is 15.9 Å². The summed E-state index contributed by atoms with van der Waals surface area (Å²) in [5, 5.41) is 3.68. The number of sulfonamides is 1. The van der Waals surface area contributed by atoms with Crippen LogP contribution in [0.2, 0.25) is 0 Å². The number of H-pyrrole nitrogens is 2. The molecule has 0 atom stereocenters. The highest BCUT2D eigenvalue weighted by molar-refractivity contribution is 7.92. The van der Waals surface area contributed by atoms with Gasteiger partial charge in [0.2, 0.25) is 15.9 Å². The molecule has 0 spiro atoms. The summed E-state index contributed by atoms with van der Waals surface area (Å²) >= 11 is 0. The molecule has 1 aromatic heterocycles. The van der Waals surface area contributed by atoms with Crippen molar-refractivity contribution in [1.29, 1.82) is 0 Å². The first-order valence-electron chi connectivity index (χ1n) is 8.05. The van der Waals surface area contributed by atoms with Crippen molar-refractivity contribution in [2.45, 2.75) is 0 Å². The van der Waals surface area contributed by atoms with Gasteiger partial charge in [-0.2, -0.15) is 4.31 Å². The second kappa shape index (κ2) is 7.60. The molecule has 0 saturated heterocycles. The van der Waals surface area contributed by atoms with Crippen molar-refractivity contribution < 1.29 is 13.2 Å². The van der Waals surface area contributed by atoms with Crippen molar-refractivity contribution in [3.05, 3.63) is 70.0 Å². The molecule has 0 saturated carbocycles. The molecule has 1 amide bonds. The van der Waals surface area contributed by atoms with Crippen LogP contribution in [-0.4, -0.2) is 42.2 Å². The van der Waals surface area contributed by atoms with Gasteiger partial charge in [-0.3, -0.25) is 4.79 Å². The van der Waals surface area contributed by atoms with Gasteiger partial charge in [0.05, 0.1) is 17.6 Å². The summed E-state index contributed by atoms with van der Waals surface area (Å²) < 4.78 is 25.5. The topological polar surface area (TPSA) is 115 Å². The maximum atomic E-state index is 12.3. The van der Waals surface area contributed by atoms with Gasteiger partial charge >= 0.3 is 5.69 Å². The van der Waals surface area contributed by atoms with E-state index in [9.17, 15) is 18.0 Å². The highest BCUT2D eigenvalue weighted by atomic mass is 32.2. The second-order valence-electron chi connectivity index (χ2n) is 5.90. The Balaban J connectivity index is 1.65. The molecule has 27 heavy (non-hydrogen) atoms. The van der Waals surface area contributed by atoms with E-state index in [-0.39, 0.29) is 12.2 Å². The molecule has 8 nitrogen and oxygen atoms in total. The summed E-state index contributed by atoms with van der Waals surface area (Å²) in [6, 6.07) is 13.9. The Morgan fingerprint density at radius 2 is 1.81 bits per heavy atom. The fraction of sp³-hybridized carbons (Fsp3) is 0.111. The Bertz CT molecular complexity index is 1150. The molecule has 3 rings (SSSR count). The summed E-state index contributed by atoms with van der Waals surface area (Å²) in [6.45, 7) is -0.344. The van der Waals surface area contributed by atoms with E-state index in [1.807, 2.05) is 6.07 Å². The Morgan fingerprint density at radius 3 is 2.56 bits per heavy atom. The van der Waals surface area contributed by atoms with Crippen LogP contribution >= 0.6 is 0 Å². The number of aromatic nitrogens is 2. The van der Waals surface area contributed by atoms with Crippen LogP contribution in [0.15, 0.2) is 58.7 Å². The molecule has 0 aliphatic heterocycles. The third-order valence-corrected chi connectivity index (χ3v) is 5.31. The van der Waals surface area contributed by atoms with Gasteiger partial charge in [-0.25, -0.2) is 13.2 Å². The zero-order valence-corrected chi connectivity index (χ0v) is 15.3. The number of anilines is 1. The summed E-state index contributed by atoms with van der Waals surface area (Å²) in [6.07, 6.45) is 1.47. The van der Waals surface area contributed by atoms with E-state index in [0.29, 0.717) is 16.7 Å². The molecule has 3 N–H and O–H groups in total. The van der Waals surface area contributed by atoms with Crippen LogP contribution in [0.25, 0.3) is 17.1 Å². The van der Waals surface area contributed by atoms with Crippen molar-refractivity contribution in [2.24, 2.45) is 0 Å². The molecule has 140 valence electrons. The van der Waals surface area contributed by atoms with Gasteiger partial charge < -0.3 is 15.3 Å². The number of fused-ring (bicyclic) bond motifs is 1. The summed E-state index contributed by atoms with van der Waals surface area (Å²) in [5.41, 5.74) is 2.01. The lowest BCUT2D eigenvalue weighted by Gasteiger charge is -2.14. The molecule has 0 bridgehead atoms.